The molecule has 2 nitrogen and oxygen atoms in total. The van der Waals surface area contributed by atoms with E-state index in [0.29, 0.717) is 6.10 Å². The Morgan fingerprint density at radius 1 is 1.50 bits per heavy atom. The number of hydrogen-bond donors (Lipinski definition) is 0. The van der Waals surface area contributed by atoms with Crippen molar-refractivity contribution < 1.29 is 9.16 Å². The van der Waals surface area contributed by atoms with Gasteiger partial charge in [-0.1, -0.05) is 0 Å². The Bertz CT molecular complexity index is 158. The molecule has 84 valence electrons. The summed E-state index contributed by atoms with van der Waals surface area (Å²) in [6.07, 6.45) is 3.79. The van der Waals surface area contributed by atoms with Crippen molar-refractivity contribution in [3.8, 4) is 0 Å². The fraction of sp³-hybridized carbons (Fsp3) is 1.00. The molecular weight excluding hydrogens is 216 g/mol. The highest BCUT2D eigenvalue weighted by molar-refractivity contribution is 6.71. The van der Waals surface area contributed by atoms with Crippen LogP contribution >= 0.6 is 11.6 Å². The highest BCUT2D eigenvalue weighted by Crippen LogP contribution is 2.18. The van der Waals surface area contributed by atoms with Crippen molar-refractivity contribution in [1.82, 2.24) is 0 Å². The smallest absolute Gasteiger partial charge is 0.186 e. The van der Waals surface area contributed by atoms with E-state index >= 15 is 0 Å². The third-order valence-electron chi connectivity index (χ3n) is 2.60. The highest BCUT2D eigenvalue weighted by atomic mass is 35.5. The van der Waals surface area contributed by atoms with Gasteiger partial charge in [0, 0.05) is 12.5 Å². The molecule has 1 saturated heterocycles. The molecule has 0 aromatic heterocycles. The molecule has 1 heterocycles. The van der Waals surface area contributed by atoms with Crippen molar-refractivity contribution >= 4 is 19.9 Å². The average Bonchev–Trinajstić information content (AvgIpc) is 2.64. The molecule has 14 heavy (non-hydrogen) atoms. The first-order valence-corrected chi connectivity index (χ1v) is 9.10. The lowest BCUT2D eigenvalue weighted by molar-refractivity contribution is 0.0648. The van der Waals surface area contributed by atoms with Gasteiger partial charge in [-0.05, 0) is 38.4 Å². The van der Waals surface area contributed by atoms with Gasteiger partial charge in [-0.25, -0.2) is 0 Å². The molecular formula is C10H21ClO2Si. The fourth-order valence-electron chi connectivity index (χ4n) is 1.66. The van der Waals surface area contributed by atoms with Crippen LogP contribution in [0.25, 0.3) is 0 Å². The zero-order valence-corrected chi connectivity index (χ0v) is 11.0. The molecule has 0 amide bonds. The monoisotopic (exact) mass is 236 g/mol. The average molecular weight is 237 g/mol. The molecule has 0 saturated carbocycles. The van der Waals surface area contributed by atoms with E-state index in [1.165, 1.54) is 12.8 Å². The van der Waals surface area contributed by atoms with Crippen LogP contribution in [0.5, 0.6) is 0 Å². The van der Waals surface area contributed by atoms with Gasteiger partial charge in [0.1, 0.15) is 0 Å². The Kier molecular flexibility index (Phi) is 5.45. The molecule has 1 fully saturated rings. The van der Waals surface area contributed by atoms with Crippen molar-refractivity contribution in [2.45, 2.75) is 44.5 Å². The number of alkyl halides is 1. The Hall–Kier alpha value is 0.427. The maximum atomic E-state index is 5.97. The van der Waals surface area contributed by atoms with Crippen molar-refractivity contribution in [2.75, 3.05) is 19.1 Å². The van der Waals surface area contributed by atoms with E-state index in [1.54, 1.807) is 0 Å². The fourth-order valence-corrected chi connectivity index (χ4v) is 3.83. The quantitative estimate of drug-likeness (QED) is 0.522. The van der Waals surface area contributed by atoms with Crippen LogP contribution in [0.3, 0.4) is 0 Å². The Labute approximate surface area is 93.1 Å². The first kappa shape index (κ1) is 12.5. The third kappa shape index (κ3) is 4.78. The van der Waals surface area contributed by atoms with E-state index in [4.69, 9.17) is 20.8 Å². The predicted molar refractivity (Wildman–Crippen MR) is 62.6 cm³/mol. The molecule has 1 aliphatic rings. The number of rotatable bonds is 6. The standard InChI is InChI=1S/C10H21ClO2Si/c1-14(2,8-4-6-11)13-9-10-5-3-7-12-10/h10H,3-9H2,1-2H3. The van der Waals surface area contributed by atoms with Gasteiger partial charge < -0.3 is 9.16 Å². The summed E-state index contributed by atoms with van der Waals surface area (Å²) in [4.78, 5) is 0. The SMILES string of the molecule is C[Si](C)(CCCCl)OCC1CCCO1. The van der Waals surface area contributed by atoms with Gasteiger partial charge in [0.15, 0.2) is 8.32 Å². The van der Waals surface area contributed by atoms with Crippen LogP contribution in [0.1, 0.15) is 19.3 Å². The van der Waals surface area contributed by atoms with Crippen LogP contribution in [-0.2, 0) is 9.16 Å². The lowest BCUT2D eigenvalue weighted by atomic mass is 10.2. The maximum Gasteiger partial charge on any atom is 0.186 e. The zero-order chi connectivity index (χ0) is 10.4. The predicted octanol–water partition coefficient (Wildman–Crippen LogP) is 3.02. The molecule has 0 aliphatic carbocycles. The van der Waals surface area contributed by atoms with Gasteiger partial charge in [0.25, 0.3) is 0 Å². The van der Waals surface area contributed by atoms with E-state index in [0.717, 1.165) is 31.6 Å². The highest BCUT2D eigenvalue weighted by Gasteiger charge is 2.24. The van der Waals surface area contributed by atoms with E-state index in [1.807, 2.05) is 0 Å². The van der Waals surface area contributed by atoms with Gasteiger partial charge in [-0.15, -0.1) is 11.6 Å². The van der Waals surface area contributed by atoms with Crippen molar-refractivity contribution in [3.05, 3.63) is 0 Å². The molecule has 0 bridgehead atoms. The summed E-state index contributed by atoms with van der Waals surface area (Å²) in [5.74, 6) is 0.750. The van der Waals surface area contributed by atoms with Crippen LogP contribution in [-0.4, -0.2) is 33.5 Å². The minimum absolute atomic E-state index is 0.359. The Morgan fingerprint density at radius 3 is 2.86 bits per heavy atom. The molecule has 1 atom stereocenters. The Balaban J connectivity index is 2.14. The second kappa shape index (κ2) is 6.11. The first-order chi connectivity index (χ1) is 6.64. The van der Waals surface area contributed by atoms with Crippen LogP contribution < -0.4 is 0 Å². The van der Waals surface area contributed by atoms with Crippen molar-refractivity contribution in [2.24, 2.45) is 0 Å². The van der Waals surface area contributed by atoms with Gasteiger partial charge in [-0.2, -0.15) is 0 Å². The number of halogens is 1. The maximum absolute atomic E-state index is 5.97. The lowest BCUT2D eigenvalue weighted by Crippen LogP contribution is -2.33. The summed E-state index contributed by atoms with van der Waals surface area (Å²) in [5.41, 5.74) is 0. The van der Waals surface area contributed by atoms with Crippen LogP contribution in [0.2, 0.25) is 19.1 Å². The largest absolute Gasteiger partial charge is 0.415 e. The first-order valence-electron chi connectivity index (χ1n) is 5.45. The summed E-state index contributed by atoms with van der Waals surface area (Å²) >= 11 is 5.68. The summed E-state index contributed by atoms with van der Waals surface area (Å²) < 4.78 is 11.5. The summed E-state index contributed by atoms with van der Waals surface area (Å²) in [6, 6.07) is 1.16. The third-order valence-corrected chi connectivity index (χ3v) is 5.37. The molecule has 0 N–H and O–H groups in total. The minimum atomic E-state index is -1.46. The molecule has 1 aliphatic heterocycles. The van der Waals surface area contributed by atoms with Crippen molar-refractivity contribution in [3.63, 3.8) is 0 Å². The molecule has 1 unspecified atom stereocenters. The molecule has 0 aromatic rings. The zero-order valence-electron chi connectivity index (χ0n) is 9.22. The molecule has 4 heteroatoms. The van der Waals surface area contributed by atoms with E-state index in [2.05, 4.69) is 13.1 Å². The minimum Gasteiger partial charge on any atom is -0.415 e. The summed E-state index contributed by atoms with van der Waals surface area (Å²) in [7, 11) is -1.46. The second-order valence-corrected chi connectivity index (χ2v) is 9.18. The second-order valence-electron chi connectivity index (χ2n) is 4.50. The molecule has 1 rings (SSSR count). The molecule has 0 aromatic carbocycles. The summed E-state index contributed by atoms with van der Waals surface area (Å²) in [5, 5.41) is 0. The van der Waals surface area contributed by atoms with Crippen LogP contribution in [0.15, 0.2) is 0 Å². The summed E-state index contributed by atoms with van der Waals surface area (Å²) in [6.45, 7) is 6.22. The van der Waals surface area contributed by atoms with E-state index in [-0.39, 0.29) is 0 Å². The van der Waals surface area contributed by atoms with Crippen LogP contribution in [0, 0.1) is 0 Å². The molecule has 0 spiro atoms. The number of hydrogen-bond acceptors (Lipinski definition) is 2. The normalized spacial score (nSPS) is 22.9. The van der Waals surface area contributed by atoms with Gasteiger partial charge in [0.2, 0.25) is 0 Å². The van der Waals surface area contributed by atoms with E-state index in [9.17, 15) is 0 Å². The lowest BCUT2D eigenvalue weighted by Gasteiger charge is -2.24. The van der Waals surface area contributed by atoms with Crippen LogP contribution in [0.4, 0.5) is 0 Å². The van der Waals surface area contributed by atoms with Crippen molar-refractivity contribution in [1.29, 1.82) is 0 Å². The Morgan fingerprint density at radius 2 is 2.29 bits per heavy atom. The molecule has 0 radical (unpaired) electrons. The number of ether oxygens (including phenoxy) is 1. The topological polar surface area (TPSA) is 18.5 Å². The van der Waals surface area contributed by atoms with Gasteiger partial charge in [-0.3, -0.25) is 0 Å². The van der Waals surface area contributed by atoms with Gasteiger partial charge in [0.05, 0.1) is 12.7 Å². The van der Waals surface area contributed by atoms with Gasteiger partial charge >= 0.3 is 0 Å². The van der Waals surface area contributed by atoms with E-state index < -0.39 is 8.32 Å².